The number of ether oxygens (including phenoxy) is 1. The van der Waals surface area contributed by atoms with Gasteiger partial charge in [-0.25, -0.2) is 14.8 Å². The number of nitrogens with zero attached hydrogens (tertiary/aromatic N) is 3. The Morgan fingerprint density at radius 3 is 2.50 bits per heavy atom. The van der Waals surface area contributed by atoms with Crippen LogP contribution in [0.1, 0.15) is 32.1 Å². The van der Waals surface area contributed by atoms with E-state index in [4.69, 9.17) is 5.73 Å². The molecule has 0 unspecified atom stereocenters. The average Bonchev–Trinajstić information content (AvgIpc) is 2.69. The Morgan fingerprint density at radius 1 is 1.21 bits per heavy atom. The van der Waals surface area contributed by atoms with Crippen molar-refractivity contribution in [1.29, 1.82) is 0 Å². The van der Waals surface area contributed by atoms with Crippen LogP contribution in [0, 0.1) is 17.0 Å². The molecule has 2 heterocycles. The summed E-state index contributed by atoms with van der Waals surface area (Å²) in [6.45, 7) is 1.48. The average molecular weight is 447 g/mol. The molecule has 0 aromatic carbocycles. The molecule has 2 N–H and O–H groups in total. The van der Waals surface area contributed by atoms with Gasteiger partial charge in [-0.15, -0.1) is 0 Å². The molecule has 0 spiro atoms. The molecule has 0 atom stereocenters. The van der Waals surface area contributed by atoms with Crippen molar-refractivity contribution in [1.82, 2.24) is 9.97 Å². The van der Waals surface area contributed by atoms with Crippen molar-refractivity contribution < 1.29 is 24.0 Å². The molecule has 0 aliphatic heterocycles. The van der Waals surface area contributed by atoms with Crippen LogP contribution >= 0.6 is 15.9 Å². The summed E-state index contributed by atoms with van der Waals surface area (Å²) >= 11 is 2.96. The van der Waals surface area contributed by atoms with E-state index < -0.39 is 28.1 Å². The standard InChI is InChI=1S/C17H11BrN4O6/c1-6-5-9(22(26)27)14(21-12(6)17(25)28-2)8-4-3-7-13(20-8)11(19)10(18)16(24)15(7)23/h3-5H,19H2,1-2H3. The van der Waals surface area contributed by atoms with Crippen molar-refractivity contribution in [2.24, 2.45) is 5.73 Å². The molecule has 10 nitrogen and oxygen atoms in total. The maximum absolute atomic E-state index is 12.1. The number of aromatic nitrogens is 2. The van der Waals surface area contributed by atoms with Gasteiger partial charge in [0, 0.05) is 6.07 Å². The molecule has 11 heteroatoms. The summed E-state index contributed by atoms with van der Waals surface area (Å²) < 4.78 is 4.51. The summed E-state index contributed by atoms with van der Waals surface area (Å²) in [7, 11) is 1.16. The van der Waals surface area contributed by atoms with E-state index in [1.165, 1.54) is 25.1 Å². The van der Waals surface area contributed by atoms with Crippen molar-refractivity contribution in [3.63, 3.8) is 0 Å². The van der Waals surface area contributed by atoms with Crippen LogP contribution in [0.25, 0.3) is 17.1 Å². The molecule has 0 saturated heterocycles. The molecule has 0 amide bonds. The number of pyridine rings is 2. The zero-order valence-electron chi connectivity index (χ0n) is 14.5. The van der Waals surface area contributed by atoms with E-state index in [2.05, 4.69) is 30.6 Å². The third-order valence-corrected chi connectivity index (χ3v) is 4.84. The number of aryl methyl sites for hydroxylation is 1. The molecule has 0 radical (unpaired) electrons. The fourth-order valence-electron chi connectivity index (χ4n) is 2.66. The smallest absolute Gasteiger partial charge is 0.356 e. The van der Waals surface area contributed by atoms with Gasteiger partial charge in [-0.1, -0.05) is 0 Å². The van der Waals surface area contributed by atoms with Crippen molar-refractivity contribution in [2.75, 3.05) is 7.11 Å². The first-order chi connectivity index (χ1) is 13.2. The zero-order valence-corrected chi connectivity index (χ0v) is 16.1. The number of allylic oxidation sites excluding steroid dienone is 1. The van der Waals surface area contributed by atoms with Crippen molar-refractivity contribution in [3.8, 4) is 11.4 Å². The number of carbonyl (C=O) groups excluding carboxylic acids is 3. The first-order valence-corrected chi connectivity index (χ1v) is 8.47. The highest BCUT2D eigenvalue weighted by molar-refractivity contribution is 9.12. The molecule has 0 fully saturated rings. The van der Waals surface area contributed by atoms with E-state index in [-0.39, 0.29) is 44.1 Å². The van der Waals surface area contributed by atoms with Crippen LogP contribution < -0.4 is 5.73 Å². The number of nitrogens with two attached hydrogens (primary N) is 1. The summed E-state index contributed by atoms with van der Waals surface area (Å²) in [5.74, 6) is -2.39. The van der Waals surface area contributed by atoms with E-state index >= 15 is 0 Å². The number of hydrogen-bond donors (Lipinski definition) is 1. The molecule has 2 aromatic heterocycles. The molecular weight excluding hydrogens is 436 g/mol. The van der Waals surface area contributed by atoms with Gasteiger partial charge in [0.1, 0.15) is 0 Å². The van der Waals surface area contributed by atoms with Gasteiger partial charge >= 0.3 is 5.97 Å². The summed E-state index contributed by atoms with van der Waals surface area (Å²) in [4.78, 5) is 55.0. The molecule has 3 rings (SSSR count). The maximum Gasteiger partial charge on any atom is 0.356 e. The summed E-state index contributed by atoms with van der Waals surface area (Å²) in [5, 5.41) is 11.5. The largest absolute Gasteiger partial charge is 0.464 e. The third kappa shape index (κ3) is 2.95. The highest BCUT2D eigenvalue weighted by atomic mass is 79.9. The first kappa shape index (κ1) is 19.3. The fraction of sp³-hybridized carbons (Fsp3) is 0.118. The minimum atomic E-state index is -0.813. The van der Waals surface area contributed by atoms with E-state index in [1.807, 2.05) is 0 Å². The normalized spacial score (nSPS) is 13.4. The number of fused-ring (bicyclic) bond motifs is 1. The van der Waals surface area contributed by atoms with Crippen LogP contribution in [0.2, 0.25) is 0 Å². The number of rotatable bonds is 3. The van der Waals surface area contributed by atoms with Crippen LogP contribution in [0.15, 0.2) is 22.7 Å². The maximum atomic E-state index is 12.1. The van der Waals surface area contributed by atoms with Crippen molar-refractivity contribution >= 4 is 44.9 Å². The second kappa shape index (κ2) is 6.93. The molecular formula is C17H11BrN4O6. The van der Waals surface area contributed by atoms with E-state index in [1.54, 1.807) is 0 Å². The second-order valence-electron chi connectivity index (χ2n) is 5.75. The number of methoxy groups -OCH3 is 1. The van der Waals surface area contributed by atoms with Crippen LogP contribution in [0.4, 0.5) is 5.69 Å². The summed E-state index contributed by atoms with van der Waals surface area (Å²) in [6.07, 6.45) is 0. The van der Waals surface area contributed by atoms with Gasteiger partial charge in [0.2, 0.25) is 11.6 Å². The van der Waals surface area contributed by atoms with Crippen molar-refractivity contribution in [2.45, 2.75) is 6.92 Å². The summed E-state index contributed by atoms with van der Waals surface area (Å²) in [5.41, 5.74) is 5.31. The van der Waals surface area contributed by atoms with Crippen LogP contribution in [0.3, 0.4) is 0 Å². The molecule has 1 aliphatic rings. The Labute approximate surface area is 165 Å². The third-order valence-electron chi connectivity index (χ3n) is 4.05. The fourth-order valence-corrected chi connectivity index (χ4v) is 3.03. The summed E-state index contributed by atoms with van der Waals surface area (Å²) in [6, 6.07) is 3.76. The predicted molar refractivity (Wildman–Crippen MR) is 99.6 cm³/mol. The molecule has 0 bridgehead atoms. The number of nitro groups is 1. The number of ketones is 2. The highest BCUT2D eigenvalue weighted by Crippen LogP contribution is 2.33. The Balaban J connectivity index is 2.29. The monoisotopic (exact) mass is 446 g/mol. The van der Waals surface area contributed by atoms with Gasteiger partial charge in [-0.2, -0.15) is 0 Å². The number of carbonyl (C=O) groups is 3. The molecule has 28 heavy (non-hydrogen) atoms. The van der Waals surface area contributed by atoms with Gasteiger partial charge in [0.15, 0.2) is 11.4 Å². The Hall–Kier alpha value is -3.47. The van der Waals surface area contributed by atoms with Gasteiger partial charge in [0.05, 0.1) is 39.2 Å². The van der Waals surface area contributed by atoms with Crippen molar-refractivity contribution in [3.05, 3.63) is 55.3 Å². The van der Waals surface area contributed by atoms with Gasteiger partial charge in [0.25, 0.3) is 5.69 Å². The lowest BCUT2D eigenvalue weighted by Crippen LogP contribution is -2.25. The lowest BCUT2D eigenvalue weighted by Gasteiger charge is -2.16. The number of Topliss-reactive ketones (excluding diaryl/α,β-unsaturated/α-hetero) is 2. The van der Waals surface area contributed by atoms with Gasteiger partial charge in [-0.3, -0.25) is 19.7 Å². The second-order valence-corrected chi connectivity index (χ2v) is 6.54. The minimum Gasteiger partial charge on any atom is -0.464 e. The Kier molecular flexibility index (Phi) is 4.77. The van der Waals surface area contributed by atoms with E-state index in [0.717, 1.165) is 7.11 Å². The van der Waals surface area contributed by atoms with Crippen LogP contribution in [-0.4, -0.2) is 39.5 Å². The molecule has 1 aliphatic carbocycles. The quantitative estimate of drug-likeness (QED) is 0.322. The molecule has 0 saturated carbocycles. The predicted octanol–water partition coefficient (Wildman–Crippen LogP) is 1.93. The zero-order chi connectivity index (χ0) is 20.7. The Bertz CT molecular complexity index is 1120. The Morgan fingerprint density at radius 2 is 1.89 bits per heavy atom. The lowest BCUT2D eigenvalue weighted by atomic mass is 9.96. The van der Waals surface area contributed by atoms with Gasteiger partial charge in [-0.05, 0) is 40.5 Å². The first-order valence-electron chi connectivity index (χ1n) is 7.67. The lowest BCUT2D eigenvalue weighted by molar-refractivity contribution is -0.384. The number of hydrogen-bond acceptors (Lipinski definition) is 9. The SMILES string of the molecule is COC(=O)c1nc(-c2ccc3c(n2)C(N)=C(Br)C(=O)C3=O)c([N+](=O)[O-])cc1C. The van der Waals surface area contributed by atoms with Gasteiger partial charge < -0.3 is 10.5 Å². The molecule has 142 valence electrons. The highest BCUT2D eigenvalue weighted by Gasteiger charge is 2.33. The van der Waals surface area contributed by atoms with Crippen LogP contribution in [-0.2, 0) is 9.53 Å². The van der Waals surface area contributed by atoms with Crippen LogP contribution in [0.5, 0.6) is 0 Å². The number of halogens is 1. The van der Waals surface area contributed by atoms with E-state index in [0.29, 0.717) is 0 Å². The number of esters is 1. The topological polar surface area (TPSA) is 155 Å². The van der Waals surface area contributed by atoms with E-state index in [9.17, 15) is 24.5 Å². The minimum absolute atomic E-state index is 0.000928. The molecule has 2 aromatic rings.